The van der Waals surface area contributed by atoms with Crippen LogP contribution in [0.5, 0.6) is 0 Å². The Kier molecular flexibility index (Phi) is 11.9. The number of urea groups is 1. The highest BCUT2D eigenvalue weighted by Gasteiger charge is 2.70. The van der Waals surface area contributed by atoms with Gasteiger partial charge in [-0.25, -0.2) is 4.79 Å². The first-order chi connectivity index (χ1) is 24.0. The van der Waals surface area contributed by atoms with Gasteiger partial charge in [0.05, 0.1) is 11.6 Å². The van der Waals surface area contributed by atoms with Crippen molar-refractivity contribution in [3.8, 4) is 0 Å². The van der Waals surface area contributed by atoms with Gasteiger partial charge in [0.1, 0.15) is 12.1 Å². The molecule has 0 spiro atoms. The number of ketones is 1. The molecule has 4 saturated carbocycles. The minimum atomic E-state index is -0.954. The molecule has 286 valence electrons. The van der Waals surface area contributed by atoms with Crippen molar-refractivity contribution in [2.45, 2.75) is 154 Å². The Morgan fingerprint density at radius 1 is 0.941 bits per heavy atom. The number of Topliss-reactive ketones (excluding diaryl/α,β-unsaturated/α-hetero) is 1. The standard InChI is InChI=1S/C40H65N5O5S/c1-9-22-41-34(48)31(46)28(23-26-16-17-26)42-33(47)30-29-27(38(29,6)7)24-45(30)35(49)32(39(8)18-14-15-19-39)43-36(50)44-40(20-12-11-13-21-40)25-51(10-2)37(3,4)5/h9-10,26-30,32H,1,11-25H2,2-8H3,(H,41,48)(H,42,47)(H2,43,44,50)/t27?,28?,29?,30-,32+,51?/m0/s1. The predicted molar refractivity (Wildman–Crippen MR) is 206 cm³/mol. The van der Waals surface area contributed by atoms with E-state index in [1.807, 2.05) is 0 Å². The SMILES string of the molecule is C=CCNC(=O)C(=O)C(CC1CC1)NC(=O)[C@@H]1C2C(CN1C(=O)[C@@H](NC(=O)NC1(C/S(=C/C)C(C)(C)C)CCCCC1)C1(C)CCCC1)C2(C)C. The Morgan fingerprint density at radius 3 is 2.14 bits per heavy atom. The Hall–Kier alpha value is -2.69. The fourth-order valence-electron chi connectivity index (χ4n) is 9.46. The zero-order chi connectivity index (χ0) is 37.4. The van der Waals surface area contributed by atoms with Gasteiger partial charge in [0.25, 0.3) is 5.91 Å². The van der Waals surface area contributed by atoms with Crippen LogP contribution in [0.15, 0.2) is 12.7 Å². The van der Waals surface area contributed by atoms with Crippen molar-refractivity contribution in [2.24, 2.45) is 28.6 Å². The number of piperidine rings is 1. The number of fused-ring (bicyclic) bond motifs is 1. The molecule has 1 saturated heterocycles. The molecular weight excluding hydrogens is 663 g/mol. The lowest BCUT2D eigenvalue weighted by molar-refractivity contribution is -0.145. The van der Waals surface area contributed by atoms with E-state index in [1.54, 1.807) is 4.90 Å². The van der Waals surface area contributed by atoms with Crippen LogP contribution in [-0.4, -0.2) is 87.1 Å². The summed E-state index contributed by atoms with van der Waals surface area (Å²) in [6.45, 7) is 19.5. The smallest absolute Gasteiger partial charge is 0.315 e. The van der Waals surface area contributed by atoms with Crippen molar-refractivity contribution in [3.63, 3.8) is 0 Å². The summed E-state index contributed by atoms with van der Waals surface area (Å²) in [5.74, 6) is -0.766. The van der Waals surface area contributed by atoms with Crippen molar-refractivity contribution >= 4 is 45.4 Å². The van der Waals surface area contributed by atoms with E-state index in [0.717, 1.165) is 76.4 Å². The van der Waals surface area contributed by atoms with E-state index in [-0.39, 0.29) is 68.3 Å². The van der Waals surface area contributed by atoms with Crippen molar-refractivity contribution in [3.05, 3.63) is 12.7 Å². The molecule has 0 radical (unpaired) electrons. The van der Waals surface area contributed by atoms with Crippen LogP contribution in [0.3, 0.4) is 0 Å². The molecule has 0 aromatic heterocycles. The van der Waals surface area contributed by atoms with Crippen molar-refractivity contribution in [1.29, 1.82) is 0 Å². The number of likely N-dealkylation sites (tertiary alicyclic amines) is 1. The van der Waals surface area contributed by atoms with Crippen LogP contribution in [-0.2, 0) is 19.2 Å². The maximum absolute atomic E-state index is 14.9. The topological polar surface area (TPSA) is 137 Å². The molecule has 11 heteroatoms. The van der Waals surface area contributed by atoms with Gasteiger partial charge in [-0.2, -0.15) is 10.5 Å². The molecule has 51 heavy (non-hydrogen) atoms. The number of nitrogens with zero attached hydrogens (tertiary/aromatic N) is 1. The van der Waals surface area contributed by atoms with E-state index >= 15 is 0 Å². The Labute approximate surface area is 308 Å². The van der Waals surface area contributed by atoms with Gasteiger partial charge in [0, 0.05) is 23.6 Å². The van der Waals surface area contributed by atoms with Crippen LogP contribution in [0.2, 0.25) is 0 Å². The maximum Gasteiger partial charge on any atom is 0.315 e. The fourth-order valence-corrected chi connectivity index (χ4v) is 11.7. The third kappa shape index (κ3) is 8.76. The van der Waals surface area contributed by atoms with Crippen molar-refractivity contribution < 1.29 is 24.0 Å². The zero-order valence-corrected chi connectivity index (χ0v) is 33.1. The molecule has 10 nitrogen and oxygen atoms in total. The molecule has 5 aliphatic rings. The molecule has 4 N–H and O–H groups in total. The molecule has 4 aliphatic carbocycles. The van der Waals surface area contributed by atoms with Gasteiger partial charge in [-0.1, -0.05) is 97.9 Å². The quantitative estimate of drug-likeness (QED) is 0.107. The molecular formula is C40H65N5O5S. The minimum Gasteiger partial charge on any atom is -0.346 e. The summed E-state index contributed by atoms with van der Waals surface area (Å²) in [7, 11) is -0.00656. The third-order valence-corrected chi connectivity index (χ3v) is 16.0. The molecule has 6 atom stereocenters. The second-order valence-corrected chi connectivity index (χ2v) is 21.0. The highest BCUT2D eigenvalue weighted by molar-refractivity contribution is 8.16. The average Bonchev–Trinajstić information content (AvgIpc) is 3.83. The van der Waals surface area contributed by atoms with E-state index in [0.29, 0.717) is 13.0 Å². The summed E-state index contributed by atoms with van der Waals surface area (Å²) in [5, 5.41) is 14.5. The van der Waals surface area contributed by atoms with E-state index < -0.39 is 35.2 Å². The van der Waals surface area contributed by atoms with Crippen LogP contribution in [0.25, 0.3) is 0 Å². The molecule has 4 unspecified atom stereocenters. The monoisotopic (exact) mass is 727 g/mol. The van der Waals surface area contributed by atoms with Crippen LogP contribution in [0.4, 0.5) is 4.79 Å². The van der Waals surface area contributed by atoms with E-state index in [9.17, 15) is 24.0 Å². The molecule has 5 fully saturated rings. The van der Waals surface area contributed by atoms with Crippen LogP contribution in [0, 0.1) is 28.6 Å². The number of hydrogen-bond donors (Lipinski definition) is 4. The Balaban J connectivity index is 1.38. The molecule has 0 aromatic rings. The second-order valence-electron chi connectivity index (χ2n) is 18.1. The summed E-state index contributed by atoms with van der Waals surface area (Å²) in [6, 6.07) is -2.82. The van der Waals surface area contributed by atoms with Crippen LogP contribution < -0.4 is 21.3 Å². The molecule has 1 aliphatic heterocycles. The highest BCUT2D eigenvalue weighted by Crippen LogP contribution is 2.65. The number of nitrogens with one attached hydrogen (secondary N) is 4. The van der Waals surface area contributed by atoms with Crippen molar-refractivity contribution in [2.75, 3.05) is 18.8 Å². The third-order valence-electron chi connectivity index (χ3n) is 12.9. The first-order valence-corrected chi connectivity index (χ1v) is 21.0. The number of rotatable bonds is 14. The van der Waals surface area contributed by atoms with Gasteiger partial charge in [0.2, 0.25) is 17.6 Å². The minimum absolute atomic E-state index is 0.00656. The highest BCUT2D eigenvalue weighted by atomic mass is 32.2. The van der Waals surface area contributed by atoms with E-state index in [1.165, 1.54) is 6.08 Å². The maximum atomic E-state index is 14.9. The largest absolute Gasteiger partial charge is 0.346 e. The molecule has 0 bridgehead atoms. The molecule has 0 aromatic carbocycles. The summed E-state index contributed by atoms with van der Waals surface area (Å²) in [4.78, 5) is 71.0. The number of carbonyl (C=O) groups is 5. The number of amides is 5. The lowest BCUT2D eigenvalue weighted by Crippen LogP contribution is -2.64. The second kappa shape index (κ2) is 15.3. The lowest BCUT2D eigenvalue weighted by atomic mass is 9.79. The molecule has 5 rings (SSSR count). The first kappa shape index (κ1) is 39.5. The molecule has 1 heterocycles. The molecule has 5 amide bonds. The Bertz CT molecular complexity index is 1400. The van der Waals surface area contributed by atoms with Crippen LogP contribution >= 0.6 is 10.5 Å². The number of hydrogen-bond acceptors (Lipinski definition) is 5. The first-order valence-electron chi connectivity index (χ1n) is 19.6. The van der Waals surface area contributed by atoms with Gasteiger partial charge in [-0.3, -0.25) is 19.2 Å². The van der Waals surface area contributed by atoms with Gasteiger partial charge in [-0.05, 0) is 67.6 Å². The zero-order valence-electron chi connectivity index (χ0n) is 32.3. The lowest BCUT2D eigenvalue weighted by Gasteiger charge is -2.43. The summed E-state index contributed by atoms with van der Waals surface area (Å²) in [6.07, 6.45) is 12.6. The summed E-state index contributed by atoms with van der Waals surface area (Å²) >= 11 is 0. The predicted octanol–water partition coefficient (Wildman–Crippen LogP) is 5.47. The van der Waals surface area contributed by atoms with Gasteiger partial charge in [0.15, 0.2) is 0 Å². The van der Waals surface area contributed by atoms with Gasteiger partial charge in [-0.15, -0.1) is 6.58 Å². The average molecular weight is 728 g/mol. The number of carbonyl (C=O) groups excluding carboxylic acids is 5. The van der Waals surface area contributed by atoms with E-state index in [2.05, 4.69) is 81.7 Å². The van der Waals surface area contributed by atoms with Gasteiger partial charge >= 0.3 is 6.03 Å². The van der Waals surface area contributed by atoms with Crippen molar-refractivity contribution in [1.82, 2.24) is 26.2 Å². The fraction of sp³-hybridized carbons (Fsp3) is 0.800. The van der Waals surface area contributed by atoms with E-state index in [4.69, 9.17) is 0 Å². The summed E-state index contributed by atoms with van der Waals surface area (Å²) < 4.78 is 0.0881. The summed E-state index contributed by atoms with van der Waals surface area (Å²) in [5.41, 5.74) is -0.919. The van der Waals surface area contributed by atoms with Gasteiger partial charge < -0.3 is 26.2 Å². The van der Waals surface area contributed by atoms with Crippen LogP contribution in [0.1, 0.15) is 126 Å². The normalized spacial score (nSPS) is 27.7. The Morgan fingerprint density at radius 2 is 1.57 bits per heavy atom.